The van der Waals surface area contributed by atoms with Crippen LogP contribution in [0.1, 0.15) is 0 Å². The lowest BCUT2D eigenvalue weighted by molar-refractivity contribution is -0.384. The molecule has 10 nitrogen and oxygen atoms in total. The number of amides is 1. The Bertz CT molecular complexity index is 1020. The number of thioether (sulfide) groups is 1. The number of phenols is 1. The lowest BCUT2D eigenvalue weighted by atomic mass is 10.2. The van der Waals surface area contributed by atoms with Gasteiger partial charge in [-0.15, -0.1) is 10.2 Å². The molecule has 2 N–H and O–H groups in total. The first-order chi connectivity index (χ1) is 13.5. The summed E-state index contributed by atoms with van der Waals surface area (Å²) in [5, 5.41) is 31.1. The number of methoxy groups -OCH3 is 1. The molecule has 11 heteroatoms. The molecule has 2 aromatic carbocycles. The molecule has 0 fully saturated rings. The van der Waals surface area contributed by atoms with Gasteiger partial charge in [-0.05, 0) is 18.2 Å². The lowest BCUT2D eigenvalue weighted by Gasteiger charge is -2.09. The molecule has 0 radical (unpaired) electrons. The normalized spacial score (nSPS) is 10.5. The van der Waals surface area contributed by atoms with E-state index in [1.165, 1.54) is 31.4 Å². The molecule has 0 atom stereocenters. The largest absolute Gasteiger partial charge is 0.507 e. The number of anilines is 1. The molecule has 0 aliphatic rings. The van der Waals surface area contributed by atoms with Crippen molar-refractivity contribution in [3.8, 4) is 23.0 Å². The van der Waals surface area contributed by atoms with Gasteiger partial charge >= 0.3 is 0 Å². The van der Waals surface area contributed by atoms with Crippen molar-refractivity contribution in [1.82, 2.24) is 10.2 Å². The molecule has 0 aliphatic carbocycles. The Balaban J connectivity index is 1.62. The minimum absolute atomic E-state index is 0.00529. The number of para-hydroxylation sites is 1. The second-order valence-electron chi connectivity index (χ2n) is 5.37. The Hall–Kier alpha value is -3.60. The number of hydrogen-bond acceptors (Lipinski definition) is 9. The van der Waals surface area contributed by atoms with Gasteiger partial charge in [-0.2, -0.15) is 0 Å². The molecule has 3 rings (SSSR count). The monoisotopic (exact) mass is 402 g/mol. The third-order valence-corrected chi connectivity index (χ3v) is 4.36. The van der Waals surface area contributed by atoms with E-state index in [1.54, 1.807) is 18.2 Å². The summed E-state index contributed by atoms with van der Waals surface area (Å²) in [4.78, 5) is 22.4. The molecule has 28 heavy (non-hydrogen) atoms. The number of phenolic OH excluding ortho intramolecular Hbond substituents is 1. The van der Waals surface area contributed by atoms with Crippen molar-refractivity contribution in [1.29, 1.82) is 0 Å². The zero-order chi connectivity index (χ0) is 20.1. The first-order valence-corrected chi connectivity index (χ1v) is 8.83. The molecule has 3 aromatic rings. The molecule has 1 aromatic heterocycles. The fourth-order valence-electron chi connectivity index (χ4n) is 2.24. The number of hydrogen-bond donors (Lipinski definition) is 2. The van der Waals surface area contributed by atoms with E-state index in [2.05, 4.69) is 15.5 Å². The first-order valence-electron chi connectivity index (χ1n) is 7.85. The number of nitro groups is 1. The van der Waals surface area contributed by atoms with Crippen LogP contribution in [0.4, 0.5) is 11.4 Å². The highest BCUT2D eigenvalue weighted by molar-refractivity contribution is 7.99. The van der Waals surface area contributed by atoms with E-state index in [4.69, 9.17) is 9.15 Å². The third kappa shape index (κ3) is 4.38. The van der Waals surface area contributed by atoms with Crippen LogP contribution >= 0.6 is 11.8 Å². The van der Waals surface area contributed by atoms with Crippen molar-refractivity contribution in [3.63, 3.8) is 0 Å². The number of rotatable bonds is 7. The van der Waals surface area contributed by atoms with Crippen molar-refractivity contribution < 1.29 is 24.0 Å². The molecule has 1 amide bonds. The Morgan fingerprint density at radius 1 is 1.32 bits per heavy atom. The van der Waals surface area contributed by atoms with Gasteiger partial charge in [-0.1, -0.05) is 23.9 Å². The Morgan fingerprint density at radius 3 is 2.82 bits per heavy atom. The summed E-state index contributed by atoms with van der Waals surface area (Å²) in [6.45, 7) is 0. The Labute approximate surface area is 162 Å². The van der Waals surface area contributed by atoms with Crippen LogP contribution < -0.4 is 10.1 Å². The Kier molecular flexibility index (Phi) is 5.75. The minimum atomic E-state index is -0.554. The minimum Gasteiger partial charge on any atom is -0.507 e. The van der Waals surface area contributed by atoms with Gasteiger partial charge in [0.2, 0.25) is 5.91 Å². The number of nitrogens with one attached hydrogen (secondary N) is 1. The number of nitrogens with zero attached hydrogens (tertiary/aromatic N) is 3. The van der Waals surface area contributed by atoms with Crippen molar-refractivity contribution in [3.05, 3.63) is 52.6 Å². The fraction of sp³-hybridized carbons (Fsp3) is 0.118. The van der Waals surface area contributed by atoms with Crippen LogP contribution in [0.25, 0.3) is 11.5 Å². The van der Waals surface area contributed by atoms with Crippen molar-refractivity contribution in [2.24, 2.45) is 0 Å². The predicted octanol–water partition coefficient (Wildman–Crippen LogP) is 3.09. The number of aromatic hydroxyl groups is 1. The van der Waals surface area contributed by atoms with Gasteiger partial charge in [0, 0.05) is 6.07 Å². The van der Waals surface area contributed by atoms with E-state index >= 15 is 0 Å². The van der Waals surface area contributed by atoms with Crippen molar-refractivity contribution in [2.75, 3.05) is 18.2 Å². The smallest absolute Gasteiger partial charge is 0.277 e. The summed E-state index contributed by atoms with van der Waals surface area (Å²) in [7, 11) is 1.35. The topological polar surface area (TPSA) is 141 Å². The van der Waals surface area contributed by atoms with E-state index in [0.29, 0.717) is 11.3 Å². The quantitative estimate of drug-likeness (QED) is 0.346. The van der Waals surface area contributed by atoms with E-state index in [1.807, 2.05) is 0 Å². The second kappa shape index (κ2) is 8.39. The molecule has 0 bridgehead atoms. The zero-order valence-electron chi connectivity index (χ0n) is 14.5. The number of carbonyl (C=O) groups is 1. The highest BCUT2D eigenvalue weighted by Gasteiger charge is 2.16. The number of non-ortho nitro benzene ring substituents is 1. The maximum absolute atomic E-state index is 12.2. The van der Waals surface area contributed by atoms with Gasteiger partial charge in [0.25, 0.3) is 16.8 Å². The maximum Gasteiger partial charge on any atom is 0.277 e. The summed E-state index contributed by atoms with van der Waals surface area (Å²) >= 11 is 1.01. The first kappa shape index (κ1) is 19.2. The Morgan fingerprint density at radius 2 is 2.11 bits per heavy atom. The molecule has 0 aliphatic heterocycles. The van der Waals surface area contributed by atoms with E-state index in [0.717, 1.165) is 11.8 Å². The maximum atomic E-state index is 12.2. The SMILES string of the molecule is COc1cc([N+](=O)[O-])ccc1NC(=O)CSc1nnc(-c2ccccc2O)o1. The van der Waals surface area contributed by atoms with Crippen LogP contribution in [0.15, 0.2) is 52.1 Å². The molecular weight excluding hydrogens is 388 g/mol. The second-order valence-corrected chi connectivity index (χ2v) is 6.30. The van der Waals surface area contributed by atoms with Crippen LogP contribution in [-0.4, -0.2) is 39.0 Å². The average molecular weight is 402 g/mol. The molecule has 144 valence electrons. The van der Waals surface area contributed by atoms with Gasteiger partial charge in [0.15, 0.2) is 0 Å². The van der Waals surface area contributed by atoms with Crippen molar-refractivity contribution in [2.45, 2.75) is 5.22 Å². The summed E-state index contributed by atoms with van der Waals surface area (Å²) in [5.74, 6) is -0.113. The van der Waals surface area contributed by atoms with Crippen LogP contribution in [0.3, 0.4) is 0 Å². The van der Waals surface area contributed by atoms with Gasteiger partial charge in [0.1, 0.15) is 11.5 Å². The molecule has 0 unspecified atom stereocenters. The van der Waals surface area contributed by atoms with E-state index < -0.39 is 4.92 Å². The van der Waals surface area contributed by atoms with Crippen molar-refractivity contribution >= 4 is 29.0 Å². The van der Waals surface area contributed by atoms with Gasteiger partial charge in [0.05, 0.1) is 35.1 Å². The number of nitro benzene ring substituents is 1. The van der Waals surface area contributed by atoms with Gasteiger partial charge in [-0.3, -0.25) is 14.9 Å². The third-order valence-electron chi connectivity index (χ3n) is 3.54. The zero-order valence-corrected chi connectivity index (χ0v) is 15.3. The lowest BCUT2D eigenvalue weighted by Crippen LogP contribution is -2.14. The standard InChI is InChI=1S/C17H14N4O6S/c1-26-14-8-10(21(24)25)6-7-12(14)18-15(23)9-28-17-20-19-16(27-17)11-4-2-3-5-13(11)22/h2-8,22H,9H2,1H3,(H,18,23). The molecule has 0 saturated carbocycles. The van der Waals surface area contributed by atoms with E-state index in [9.17, 15) is 20.0 Å². The number of ether oxygens (including phenoxy) is 1. The van der Waals surface area contributed by atoms with Crippen LogP contribution in [0, 0.1) is 10.1 Å². The molecule has 1 heterocycles. The van der Waals surface area contributed by atoms with Gasteiger partial charge in [-0.25, -0.2) is 0 Å². The van der Waals surface area contributed by atoms with Crippen LogP contribution in [-0.2, 0) is 4.79 Å². The summed E-state index contributed by atoms with van der Waals surface area (Å²) in [6.07, 6.45) is 0. The highest BCUT2D eigenvalue weighted by Crippen LogP contribution is 2.31. The number of benzene rings is 2. The predicted molar refractivity (Wildman–Crippen MR) is 100 cm³/mol. The van der Waals surface area contributed by atoms with E-state index in [-0.39, 0.29) is 40.0 Å². The highest BCUT2D eigenvalue weighted by atomic mass is 32.2. The summed E-state index contributed by atoms with van der Waals surface area (Å²) in [5.41, 5.74) is 0.549. The van der Waals surface area contributed by atoms with Crippen LogP contribution in [0.5, 0.6) is 11.5 Å². The average Bonchev–Trinajstić information content (AvgIpc) is 3.15. The summed E-state index contributed by atoms with van der Waals surface area (Å²) in [6, 6.07) is 10.4. The van der Waals surface area contributed by atoms with Crippen LogP contribution in [0.2, 0.25) is 0 Å². The number of aromatic nitrogens is 2. The summed E-state index contributed by atoms with van der Waals surface area (Å²) < 4.78 is 10.5. The molecule has 0 spiro atoms. The molecule has 0 saturated heterocycles. The fourth-order valence-corrected chi connectivity index (χ4v) is 2.80. The number of carbonyl (C=O) groups excluding carboxylic acids is 1. The molecular formula is C17H14N4O6S. The van der Waals surface area contributed by atoms with Gasteiger partial charge < -0.3 is 19.6 Å².